The SMILES string of the molecule is CNC(=O)/C(C#N)=C1\S[C@@H](Cc2ccc(Br)cc2)C(=O)N1c1ccc(Cl)cc1. The van der Waals surface area contributed by atoms with Crippen molar-refractivity contribution >= 4 is 56.8 Å². The Bertz CT molecular complexity index is 984. The van der Waals surface area contributed by atoms with Gasteiger partial charge in [0.15, 0.2) is 0 Å². The zero-order valence-electron chi connectivity index (χ0n) is 14.8. The highest BCUT2D eigenvalue weighted by molar-refractivity contribution is 9.10. The Balaban J connectivity index is 2.03. The summed E-state index contributed by atoms with van der Waals surface area (Å²) in [6.07, 6.45) is 0.483. The summed E-state index contributed by atoms with van der Waals surface area (Å²) >= 11 is 10.6. The van der Waals surface area contributed by atoms with E-state index in [4.69, 9.17) is 11.6 Å². The molecule has 1 aliphatic heterocycles. The van der Waals surface area contributed by atoms with Crippen LogP contribution in [0.4, 0.5) is 5.69 Å². The molecule has 2 aromatic carbocycles. The Morgan fingerprint density at radius 3 is 2.46 bits per heavy atom. The highest BCUT2D eigenvalue weighted by Gasteiger charge is 2.40. The monoisotopic (exact) mass is 475 g/mol. The molecule has 2 aromatic rings. The van der Waals surface area contributed by atoms with Crippen LogP contribution in [0, 0.1) is 11.3 Å². The van der Waals surface area contributed by atoms with E-state index in [0.29, 0.717) is 22.2 Å². The van der Waals surface area contributed by atoms with E-state index in [9.17, 15) is 14.9 Å². The van der Waals surface area contributed by atoms with Crippen LogP contribution in [0.25, 0.3) is 0 Å². The molecule has 1 N–H and O–H groups in total. The minimum Gasteiger partial charge on any atom is -0.354 e. The minimum atomic E-state index is -0.527. The molecule has 3 rings (SSSR count). The molecule has 0 radical (unpaired) electrons. The molecule has 1 saturated heterocycles. The number of amides is 2. The Hall–Kier alpha value is -2.27. The molecule has 0 saturated carbocycles. The normalized spacial score (nSPS) is 18.0. The van der Waals surface area contributed by atoms with Gasteiger partial charge < -0.3 is 5.32 Å². The van der Waals surface area contributed by atoms with Gasteiger partial charge in [-0.1, -0.05) is 51.4 Å². The Kier molecular flexibility index (Phi) is 6.45. The van der Waals surface area contributed by atoms with Gasteiger partial charge in [-0.3, -0.25) is 14.5 Å². The van der Waals surface area contributed by atoms with E-state index < -0.39 is 11.2 Å². The molecule has 28 heavy (non-hydrogen) atoms. The van der Waals surface area contributed by atoms with Crippen LogP contribution in [0.15, 0.2) is 63.6 Å². The van der Waals surface area contributed by atoms with Crippen molar-refractivity contribution in [2.45, 2.75) is 11.7 Å². The second-order valence-electron chi connectivity index (χ2n) is 5.96. The maximum atomic E-state index is 13.2. The minimum absolute atomic E-state index is 0.0888. The first-order valence-corrected chi connectivity index (χ1v) is 10.4. The number of likely N-dealkylation sites (N-methyl/N-ethyl adjacent to an activating group) is 1. The van der Waals surface area contributed by atoms with Crippen LogP contribution >= 0.6 is 39.3 Å². The summed E-state index contributed by atoms with van der Waals surface area (Å²) in [4.78, 5) is 26.8. The van der Waals surface area contributed by atoms with Crippen LogP contribution in [-0.2, 0) is 16.0 Å². The molecular weight excluding hydrogens is 462 g/mol. The lowest BCUT2D eigenvalue weighted by Crippen LogP contribution is -2.31. The van der Waals surface area contributed by atoms with Gasteiger partial charge in [0, 0.05) is 22.2 Å². The number of carbonyl (C=O) groups excluding carboxylic acids is 2. The van der Waals surface area contributed by atoms with Gasteiger partial charge in [0.1, 0.15) is 16.7 Å². The molecular formula is C20H15BrClN3O2S. The largest absolute Gasteiger partial charge is 0.354 e. The summed E-state index contributed by atoms with van der Waals surface area (Å²) in [7, 11) is 1.45. The number of carbonyl (C=O) groups is 2. The topological polar surface area (TPSA) is 73.2 Å². The summed E-state index contributed by atoms with van der Waals surface area (Å²) in [5.74, 6) is -0.706. The van der Waals surface area contributed by atoms with Crippen LogP contribution in [-0.4, -0.2) is 24.1 Å². The predicted molar refractivity (Wildman–Crippen MR) is 115 cm³/mol. The van der Waals surface area contributed by atoms with Gasteiger partial charge in [-0.05, 0) is 48.4 Å². The molecule has 2 amide bonds. The summed E-state index contributed by atoms with van der Waals surface area (Å²) in [5.41, 5.74) is 1.46. The van der Waals surface area contributed by atoms with Gasteiger partial charge in [-0.2, -0.15) is 5.26 Å². The summed E-state index contributed by atoms with van der Waals surface area (Å²) in [6.45, 7) is 0. The number of nitriles is 1. The van der Waals surface area contributed by atoms with E-state index in [2.05, 4.69) is 21.2 Å². The van der Waals surface area contributed by atoms with Gasteiger partial charge in [-0.25, -0.2) is 0 Å². The Morgan fingerprint density at radius 2 is 1.89 bits per heavy atom. The first kappa shape index (κ1) is 20.5. The van der Waals surface area contributed by atoms with Crippen molar-refractivity contribution in [1.82, 2.24) is 5.32 Å². The summed E-state index contributed by atoms with van der Waals surface area (Å²) in [6, 6.07) is 16.4. The van der Waals surface area contributed by atoms with Crippen LogP contribution in [0.3, 0.4) is 0 Å². The van der Waals surface area contributed by atoms with Crippen molar-refractivity contribution in [3.05, 3.63) is 74.2 Å². The van der Waals surface area contributed by atoms with Crippen molar-refractivity contribution in [3.8, 4) is 6.07 Å². The van der Waals surface area contributed by atoms with Crippen molar-refractivity contribution in [1.29, 1.82) is 5.26 Å². The number of hydrogen-bond acceptors (Lipinski definition) is 4. The van der Waals surface area contributed by atoms with E-state index >= 15 is 0 Å². The molecule has 0 bridgehead atoms. The summed E-state index contributed by atoms with van der Waals surface area (Å²) in [5, 5.41) is 12.4. The van der Waals surface area contributed by atoms with Crippen molar-refractivity contribution in [2.24, 2.45) is 0 Å². The number of nitrogens with one attached hydrogen (secondary N) is 1. The summed E-state index contributed by atoms with van der Waals surface area (Å²) < 4.78 is 0.955. The fraction of sp³-hybridized carbons (Fsp3) is 0.150. The van der Waals surface area contributed by atoms with Crippen LogP contribution < -0.4 is 10.2 Å². The lowest BCUT2D eigenvalue weighted by atomic mass is 10.1. The average Bonchev–Trinajstić information content (AvgIpc) is 3.00. The van der Waals surface area contributed by atoms with Gasteiger partial charge in [-0.15, -0.1) is 0 Å². The number of halogens is 2. The molecule has 0 aromatic heterocycles. The molecule has 8 heteroatoms. The third kappa shape index (κ3) is 4.25. The maximum Gasteiger partial charge on any atom is 0.264 e. The number of thioether (sulfide) groups is 1. The molecule has 0 aliphatic carbocycles. The first-order chi connectivity index (χ1) is 13.4. The van der Waals surface area contributed by atoms with Crippen molar-refractivity contribution in [2.75, 3.05) is 11.9 Å². The van der Waals surface area contributed by atoms with Crippen molar-refractivity contribution in [3.63, 3.8) is 0 Å². The molecule has 5 nitrogen and oxygen atoms in total. The Labute approximate surface area is 180 Å². The fourth-order valence-electron chi connectivity index (χ4n) is 2.77. The molecule has 0 spiro atoms. The second-order valence-corrected chi connectivity index (χ2v) is 8.50. The highest BCUT2D eigenvalue weighted by atomic mass is 79.9. The van der Waals surface area contributed by atoms with Crippen LogP contribution in [0.2, 0.25) is 5.02 Å². The van der Waals surface area contributed by atoms with Gasteiger partial charge in [0.25, 0.3) is 5.91 Å². The molecule has 142 valence electrons. The lowest BCUT2D eigenvalue weighted by molar-refractivity contribution is -0.117. The number of anilines is 1. The van der Waals surface area contributed by atoms with E-state index in [1.54, 1.807) is 24.3 Å². The molecule has 1 heterocycles. The average molecular weight is 477 g/mol. The zero-order valence-corrected chi connectivity index (χ0v) is 17.9. The van der Waals surface area contributed by atoms with Crippen LogP contribution in [0.5, 0.6) is 0 Å². The number of rotatable bonds is 4. The lowest BCUT2D eigenvalue weighted by Gasteiger charge is -2.18. The fourth-order valence-corrected chi connectivity index (χ4v) is 4.47. The number of nitrogens with zero attached hydrogens (tertiary/aromatic N) is 2. The smallest absolute Gasteiger partial charge is 0.264 e. The third-order valence-electron chi connectivity index (χ3n) is 4.15. The molecule has 1 atom stereocenters. The van der Waals surface area contributed by atoms with Gasteiger partial charge in [0.05, 0.1) is 5.25 Å². The van der Waals surface area contributed by atoms with Crippen molar-refractivity contribution < 1.29 is 9.59 Å². The zero-order chi connectivity index (χ0) is 20.3. The van der Waals surface area contributed by atoms with E-state index in [1.165, 1.54) is 23.7 Å². The third-order valence-corrected chi connectivity index (χ3v) is 6.20. The maximum absolute atomic E-state index is 13.2. The number of hydrogen-bond donors (Lipinski definition) is 1. The first-order valence-electron chi connectivity index (χ1n) is 8.31. The molecule has 0 unspecified atom stereocenters. The van der Waals surface area contributed by atoms with E-state index in [-0.39, 0.29) is 11.5 Å². The van der Waals surface area contributed by atoms with Gasteiger partial charge in [0.2, 0.25) is 5.91 Å². The quantitative estimate of drug-likeness (QED) is 0.528. The second kappa shape index (κ2) is 8.82. The van der Waals surface area contributed by atoms with Crippen LogP contribution in [0.1, 0.15) is 5.56 Å². The van der Waals surface area contributed by atoms with E-state index in [1.807, 2.05) is 30.3 Å². The van der Waals surface area contributed by atoms with Gasteiger partial charge >= 0.3 is 0 Å². The predicted octanol–water partition coefficient (Wildman–Crippen LogP) is 4.27. The van der Waals surface area contributed by atoms with E-state index in [0.717, 1.165) is 10.0 Å². The highest BCUT2D eigenvalue weighted by Crippen LogP contribution is 2.42. The molecule has 1 fully saturated rings. The standard InChI is InChI=1S/C20H15BrClN3O2S/c1-24-18(26)16(11-23)20-25(15-8-6-14(22)7-9-15)19(27)17(28-20)10-12-2-4-13(21)5-3-12/h2-9,17H,10H2,1H3,(H,24,26)/b20-16-/t17-/m0/s1. The molecule has 1 aliphatic rings. The Morgan fingerprint density at radius 1 is 1.25 bits per heavy atom. The number of benzene rings is 2.